The molecular formula is C17H16ClF3N2O. The summed E-state index contributed by atoms with van der Waals surface area (Å²) < 4.78 is 43.4. The van der Waals surface area contributed by atoms with E-state index >= 15 is 0 Å². The lowest BCUT2D eigenvalue weighted by Gasteiger charge is -2.11. The third-order valence-corrected chi connectivity index (χ3v) is 3.21. The second kappa shape index (κ2) is 7.57. The highest BCUT2D eigenvalue weighted by molar-refractivity contribution is 6.32. The monoisotopic (exact) mass is 356 g/mol. The molecule has 0 unspecified atom stereocenters. The lowest BCUT2D eigenvalue weighted by atomic mass is 10.2. The SMILES string of the molecule is CC(C)Oc1ccc(C=NNc2cccc(C(F)(F)F)c2)cc1Cl. The molecule has 0 atom stereocenters. The number of nitrogens with one attached hydrogen (secondary N) is 1. The topological polar surface area (TPSA) is 33.6 Å². The number of alkyl halides is 3. The summed E-state index contributed by atoms with van der Waals surface area (Å²) in [6.45, 7) is 3.79. The first-order valence-corrected chi connectivity index (χ1v) is 7.56. The van der Waals surface area contributed by atoms with Crippen LogP contribution in [-0.2, 0) is 6.18 Å². The minimum atomic E-state index is -4.39. The Bertz CT molecular complexity index is 730. The fraction of sp³-hybridized carbons (Fsp3) is 0.235. The van der Waals surface area contributed by atoms with Crippen LogP contribution >= 0.6 is 11.6 Å². The molecular weight excluding hydrogens is 341 g/mol. The third kappa shape index (κ3) is 5.16. The van der Waals surface area contributed by atoms with E-state index in [2.05, 4.69) is 10.5 Å². The van der Waals surface area contributed by atoms with E-state index < -0.39 is 11.7 Å². The summed E-state index contributed by atoms with van der Waals surface area (Å²) in [5.41, 5.74) is 2.76. The van der Waals surface area contributed by atoms with Crippen molar-refractivity contribution in [3.63, 3.8) is 0 Å². The molecule has 3 nitrogen and oxygen atoms in total. The number of hydrogen-bond acceptors (Lipinski definition) is 3. The molecule has 2 aromatic carbocycles. The molecule has 0 saturated carbocycles. The predicted molar refractivity (Wildman–Crippen MR) is 89.9 cm³/mol. The number of ether oxygens (including phenoxy) is 1. The van der Waals surface area contributed by atoms with Crippen molar-refractivity contribution in [1.82, 2.24) is 0 Å². The van der Waals surface area contributed by atoms with E-state index in [-0.39, 0.29) is 11.8 Å². The van der Waals surface area contributed by atoms with Crippen molar-refractivity contribution in [1.29, 1.82) is 0 Å². The number of hydrazone groups is 1. The number of anilines is 1. The number of benzene rings is 2. The van der Waals surface area contributed by atoms with Gasteiger partial charge < -0.3 is 4.74 Å². The Morgan fingerprint density at radius 2 is 1.92 bits per heavy atom. The lowest BCUT2D eigenvalue weighted by molar-refractivity contribution is -0.137. The van der Waals surface area contributed by atoms with Gasteiger partial charge in [-0.3, -0.25) is 5.43 Å². The molecule has 7 heteroatoms. The third-order valence-electron chi connectivity index (χ3n) is 2.92. The van der Waals surface area contributed by atoms with Crippen molar-refractivity contribution in [3.8, 4) is 5.75 Å². The van der Waals surface area contributed by atoms with Crippen LogP contribution in [0.3, 0.4) is 0 Å². The van der Waals surface area contributed by atoms with Crippen LogP contribution < -0.4 is 10.2 Å². The Morgan fingerprint density at radius 3 is 2.54 bits per heavy atom. The quantitative estimate of drug-likeness (QED) is 0.559. The first kappa shape index (κ1) is 18.1. The summed E-state index contributed by atoms with van der Waals surface area (Å²) in [7, 11) is 0. The molecule has 128 valence electrons. The summed E-state index contributed by atoms with van der Waals surface area (Å²) in [5.74, 6) is 0.564. The molecule has 0 fully saturated rings. The minimum absolute atomic E-state index is 0.00425. The highest BCUT2D eigenvalue weighted by Gasteiger charge is 2.30. The molecule has 1 N–H and O–H groups in total. The maximum Gasteiger partial charge on any atom is 0.416 e. The second-order valence-electron chi connectivity index (χ2n) is 5.31. The fourth-order valence-electron chi connectivity index (χ4n) is 1.89. The normalized spacial score (nSPS) is 12.0. The molecule has 0 radical (unpaired) electrons. The van der Waals surface area contributed by atoms with Crippen molar-refractivity contribution in [2.75, 3.05) is 5.43 Å². The van der Waals surface area contributed by atoms with Crippen LogP contribution in [0.5, 0.6) is 5.75 Å². The summed E-state index contributed by atoms with van der Waals surface area (Å²) in [6.07, 6.45) is -2.92. The summed E-state index contributed by atoms with van der Waals surface area (Å²) in [4.78, 5) is 0. The Labute approximate surface area is 143 Å². The highest BCUT2D eigenvalue weighted by atomic mass is 35.5. The van der Waals surface area contributed by atoms with Crippen LogP contribution in [0.1, 0.15) is 25.0 Å². The van der Waals surface area contributed by atoms with E-state index in [1.54, 1.807) is 18.2 Å². The first-order chi connectivity index (χ1) is 11.3. The van der Waals surface area contributed by atoms with Crippen LogP contribution in [-0.4, -0.2) is 12.3 Å². The van der Waals surface area contributed by atoms with Gasteiger partial charge >= 0.3 is 6.18 Å². The van der Waals surface area contributed by atoms with Gasteiger partial charge in [-0.05, 0) is 55.8 Å². The van der Waals surface area contributed by atoms with E-state index in [4.69, 9.17) is 16.3 Å². The zero-order valence-electron chi connectivity index (χ0n) is 13.1. The van der Waals surface area contributed by atoms with Crippen LogP contribution in [0.2, 0.25) is 5.02 Å². The molecule has 0 spiro atoms. The van der Waals surface area contributed by atoms with Gasteiger partial charge in [-0.25, -0.2) is 0 Å². The molecule has 0 aromatic heterocycles. The second-order valence-corrected chi connectivity index (χ2v) is 5.71. The van der Waals surface area contributed by atoms with Gasteiger partial charge in [-0.2, -0.15) is 18.3 Å². The Hall–Kier alpha value is -2.21. The fourth-order valence-corrected chi connectivity index (χ4v) is 2.13. The van der Waals surface area contributed by atoms with E-state index in [1.807, 2.05) is 13.8 Å². The number of nitrogens with zero attached hydrogens (tertiary/aromatic N) is 1. The van der Waals surface area contributed by atoms with Crippen LogP contribution in [0.25, 0.3) is 0 Å². The van der Waals surface area contributed by atoms with Crippen molar-refractivity contribution >= 4 is 23.5 Å². The minimum Gasteiger partial charge on any atom is -0.489 e. The van der Waals surface area contributed by atoms with E-state index in [9.17, 15) is 13.2 Å². The van der Waals surface area contributed by atoms with Crippen molar-refractivity contribution in [2.45, 2.75) is 26.1 Å². The summed E-state index contributed by atoms with van der Waals surface area (Å²) in [5, 5.41) is 4.36. The van der Waals surface area contributed by atoms with Crippen molar-refractivity contribution < 1.29 is 17.9 Å². The Balaban J connectivity index is 2.05. The number of halogens is 4. The van der Waals surface area contributed by atoms with Gasteiger partial charge in [0.2, 0.25) is 0 Å². The average molecular weight is 357 g/mol. The smallest absolute Gasteiger partial charge is 0.416 e. The van der Waals surface area contributed by atoms with Gasteiger partial charge in [0.05, 0.1) is 28.6 Å². The van der Waals surface area contributed by atoms with E-state index in [1.165, 1.54) is 18.3 Å². The molecule has 24 heavy (non-hydrogen) atoms. The molecule has 0 bridgehead atoms. The predicted octanol–water partition coefficient (Wildman–Crippen LogP) is 5.59. The molecule has 0 amide bonds. The zero-order valence-corrected chi connectivity index (χ0v) is 13.8. The van der Waals surface area contributed by atoms with Gasteiger partial charge in [-0.1, -0.05) is 17.7 Å². The maximum atomic E-state index is 12.6. The van der Waals surface area contributed by atoms with Crippen LogP contribution in [0.15, 0.2) is 47.6 Å². The molecule has 2 rings (SSSR count). The average Bonchev–Trinajstić information content (AvgIpc) is 2.49. The van der Waals surface area contributed by atoms with Gasteiger partial charge in [-0.15, -0.1) is 0 Å². The van der Waals surface area contributed by atoms with Gasteiger partial charge in [0.15, 0.2) is 0 Å². The highest BCUT2D eigenvalue weighted by Crippen LogP contribution is 2.30. The Kier molecular flexibility index (Phi) is 5.72. The summed E-state index contributed by atoms with van der Waals surface area (Å²) >= 11 is 6.11. The van der Waals surface area contributed by atoms with Gasteiger partial charge in [0, 0.05) is 0 Å². The van der Waals surface area contributed by atoms with Gasteiger partial charge in [0.1, 0.15) is 5.75 Å². The standard InChI is InChI=1S/C17H16ClF3N2O/c1-11(2)24-16-7-6-12(8-15(16)18)10-22-23-14-5-3-4-13(9-14)17(19,20)21/h3-11,23H,1-2H3. The maximum absolute atomic E-state index is 12.6. The van der Waals surface area contributed by atoms with E-state index in [0.29, 0.717) is 16.3 Å². The first-order valence-electron chi connectivity index (χ1n) is 7.18. The molecule has 0 aliphatic carbocycles. The molecule has 2 aromatic rings. The largest absolute Gasteiger partial charge is 0.489 e. The number of hydrogen-bond donors (Lipinski definition) is 1. The molecule has 0 heterocycles. The molecule has 0 aliphatic rings. The Morgan fingerprint density at radius 1 is 1.17 bits per heavy atom. The number of rotatable bonds is 5. The lowest BCUT2D eigenvalue weighted by Crippen LogP contribution is -2.06. The van der Waals surface area contributed by atoms with Crippen molar-refractivity contribution in [2.24, 2.45) is 5.10 Å². The molecule has 0 saturated heterocycles. The molecule has 0 aliphatic heterocycles. The van der Waals surface area contributed by atoms with Crippen LogP contribution in [0, 0.1) is 0 Å². The van der Waals surface area contributed by atoms with Gasteiger partial charge in [0.25, 0.3) is 0 Å². The zero-order chi connectivity index (χ0) is 17.7. The summed E-state index contributed by atoms with van der Waals surface area (Å²) in [6, 6.07) is 9.94. The van der Waals surface area contributed by atoms with Crippen molar-refractivity contribution in [3.05, 3.63) is 58.6 Å². The van der Waals surface area contributed by atoms with Crippen LogP contribution in [0.4, 0.5) is 18.9 Å². The van der Waals surface area contributed by atoms with E-state index in [0.717, 1.165) is 12.1 Å².